The molecule has 1 aromatic heterocycles. The number of hydrogen-bond donors (Lipinski definition) is 6. The number of anilines is 2. The van der Waals surface area contributed by atoms with Crippen molar-refractivity contribution in [1.82, 2.24) is 15.0 Å². The van der Waals surface area contributed by atoms with Crippen LogP contribution in [0, 0.1) is 10.1 Å². The Balaban J connectivity index is 0.000000219. The van der Waals surface area contributed by atoms with E-state index in [2.05, 4.69) is 40.7 Å². The molecule has 0 saturated carbocycles. The van der Waals surface area contributed by atoms with Gasteiger partial charge in [0.1, 0.15) is 50.7 Å². The van der Waals surface area contributed by atoms with Crippen LogP contribution in [0.15, 0.2) is 170 Å². The number of azo groups is 2. The molecule has 0 aliphatic heterocycles. The van der Waals surface area contributed by atoms with Crippen LogP contribution in [0.3, 0.4) is 0 Å². The van der Waals surface area contributed by atoms with E-state index >= 15 is 0 Å². The molecule has 24 heteroatoms. The van der Waals surface area contributed by atoms with E-state index in [1.54, 1.807) is 97.1 Å². The van der Waals surface area contributed by atoms with Gasteiger partial charge in [-0.3, -0.25) is 14.7 Å². The van der Waals surface area contributed by atoms with Crippen molar-refractivity contribution < 1.29 is 64.1 Å². The SMILES string of the molecule is CCCS(=O)(=O)c1ccc(Cc2nc(Cl)nc(Nc3ccc4ccc(N=Nc5ccccc5O)c(O)c4c3)n2)cc1.O=[N+]([O-])c1ccc2c(N=Nc3c(O)ccc4ccccc34)c(O)cc(S(=O)(=O)O)c2c1.[Cr]. The predicted molar refractivity (Wildman–Crippen MR) is 269 cm³/mol. The number of nitro groups is 1. The standard InChI is InChI=1S/C29H25ClN6O4S.C20H13N3O7S.Cr/c1-2-15-41(39,40)21-12-7-18(8-13-21)16-26-32-28(30)34-29(33-26)31-20-11-9-19-10-14-24(27(38)22(19)17-20)36-35-23-5-3-4-6-25(23)37;24-16-8-5-11-3-1-2-4-13(11)19(16)21-22-20-14-7-6-12(23(26)27)9-15(14)18(10-17(20)25)31(28,29)30;/h3-14,17,37-38H,2,15-16H2,1H3,(H,31,32,33,34);1-10,24-25H,(H,28,29,30);. The van der Waals surface area contributed by atoms with Crippen molar-refractivity contribution in [3.8, 4) is 23.0 Å². The minimum absolute atomic E-state index is 0. The summed E-state index contributed by atoms with van der Waals surface area (Å²) in [5.74, 6) is -0.197. The second-order valence-corrected chi connectivity index (χ2v) is 19.6. The molecule has 0 bridgehead atoms. The third-order valence-corrected chi connectivity index (χ3v) is 13.8. The van der Waals surface area contributed by atoms with Gasteiger partial charge in [-0.2, -0.15) is 18.4 Å². The van der Waals surface area contributed by atoms with Crippen molar-refractivity contribution in [1.29, 1.82) is 0 Å². The molecule has 20 nitrogen and oxygen atoms in total. The number of para-hydroxylation sites is 1. The third kappa shape index (κ3) is 12.1. The first-order valence-electron chi connectivity index (χ1n) is 21.4. The van der Waals surface area contributed by atoms with E-state index in [0.717, 1.165) is 34.5 Å². The molecule has 370 valence electrons. The molecule has 1 heterocycles. The number of rotatable bonds is 13. The van der Waals surface area contributed by atoms with Crippen LogP contribution in [0.5, 0.6) is 23.0 Å². The van der Waals surface area contributed by atoms with Crippen molar-refractivity contribution in [3.05, 3.63) is 166 Å². The largest absolute Gasteiger partial charge is 0.506 e. The van der Waals surface area contributed by atoms with Gasteiger partial charge in [0.2, 0.25) is 11.2 Å². The quantitative estimate of drug-likeness (QED) is 0.0271. The Morgan fingerprint density at radius 2 is 1.30 bits per heavy atom. The predicted octanol–water partition coefficient (Wildman–Crippen LogP) is 12.0. The fraction of sp³-hybridized carbons (Fsp3) is 0.0816. The van der Waals surface area contributed by atoms with Crippen molar-refractivity contribution in [3.63, 3.8) is 0 Å². The molecule has 8 aromatic carbocycles. The topological polar surface area (TPSA) is 313 Å². The van der Waals surface area contributed by atoms with Crippen molar-refractivity contribution >= 4 is 104 Å². The molecule has 0 aliphatic carbocycles. The van der Waals surface area contributed by atoms with Gasteiger partial charge in [-0.15, -0.1) is 20.5 Å². The second kappa shape index (κ2) is 22.1. The van der Waals surface area contributed by atoms with Crippen molar-refractivity contribution in [2.24, 2.45) is 20.5 Å². The number of benzene rings is 8. The number of nitrogens with one attached hydrogen (secondary N) is 1. The Morgan fingerprint density at radius 1 is 0.644 bits per heavy atom. The monoisotopic (exact) mass is 1080 g/mol. The number of non-ortho nitro benzene ring substituents is 1. The summed E-state index contributed by atoms with van der Waals surface area (Å²) < 4.78 is 57.6. The van der Waals surface area contributed by atoms with Crippen LogP contribution in [-0.4, -0.2) is 67.4 Å². The minimum Gasteiger partial charge on any atom is -0.506 e. The molecular weight excluding hydrogens is 1040 g/mol. The molecule has 6 N–H and O–H groups in total. The van der Waals surface area contributed by atoms with Gasteiger partial charge in [-0.1, -0.05) is 73.7 Å². The molecule has 0 amide bonds. The first kappa shape index (κ1) is 52.7. The molecule has 0 atom stereocenters. The average molecular weight is 1080 g/mol. The van der Waals surface area contributed by atoms with Crippen LogP contribution >= 0.6 is 11.6 Å². The first-order chi connectivity index (χ1) is 34.4. The third-order valence-electron chi connectivity index (χ3n) is 10.8. The van der Waals surface area contributed by atoms with Gasteiger partial charge < -0.3 is 25.7 Å². The number of nitro benzene ring substituents is 1. The molecular formula is C49H38ClCrN9O11S2. The van der Waals surface area contributed by atoms with Crippen LogP contribution in [0.25, 0.3) is 32.3 Å². The fourth-order valence-corrected chi connectivity index (χ4v) is 9.59. The van der Waals surface area contributed by atoms with Crippen LogP contribution < -0.4 is 5.32 Å². The Bertz CT molecular complexity index is 3890. The van der Waals surface area contributed by atoms with Gasteiger partial charge in [0.25, 0.3) is 15.8 Å². The molecule has 0 radical (unpaired) electrons. The zero-order chi connectivity index (χ0) is 51.3. The zero-order valence-electron chi connectivity index (χ0n) is 37.8. The summed E-state index contributed by atoms with van der Waals surface area (Å²) in [7, 11) is -8.11. The van der Waals surface area contributed by atoms with Crippen LogP contribution in [0.4, 0.5) is 40.1 Å². The molecule has 73 heavy (non-hydrogen) atoms. The normalized spacial score (nSPS) is 11.7. The number of aromatic hydroxyl groups is 4. The number of hydrogen-bond acceptors (Lipinski definition) is 18. The molecule has 9 rings (SSSR count). The van der Waals surface area contributed by atoms with Crippen LogP contribution in [0.2, 0.25) is 5.28 Å². The Hall–Kier alpha value is -8.17. The average Bonchev–Trinajstić information content (AvgIpc) is 3.34. The van der Waals surface area contributed by atoms with Gasteiger partial charge in [-0.05, 0) is 89.0 Å². The number of halogens is 1. The summed E-state index contributed by atoms with van der Waals surface area (Å²) in [5, 5.41) is 74.2. The maximum Gasteiger partial charge on any atom is 0.295 e. The Labute approximate surface area is 431 Å². The van der Waals surface area contributed by atoms with Crippen LogP contribution in [0.1, 0.15) is 24.7 Å². The fourth-order valence-electron chi connectivity index (χ4n) is 7.38. The Kier molecular flexibility index (Phi) is 15.9. The van der Waals surface area contributed by atoms with Crippen molar-refractivity contribution in [2.45, 2.75) is 29.6 Å². The van der Waals surface area contributed by atoms with E-state index in [0.29, 0.717) is 35.1 Å². The minimum atomic E-state index is -4.81. The second-order valence-electron chi connectivity index (χ2n) is 15.7. The first-order valence-corrected chi connectivity index (χ1v) is 24.8. The number of sulfone groups is 1. The number of phenolic OH excluding ortho intramolecular Hbond substituents is 4. The van der Waals surface area contributed by atoms with Gasteiger partial charge in [-0.25, -0.2) is 13.4 Å². The van der Waals surface area contributed by atoms with Gasteiger partial charge in [0, 0.05) is 69.2 Å². The summed E-state index contributed by atoms with van der Waals surface area (Å²) in [6.45, 7) is 1.83. The molecule has 0 fully saturated rings. The summed E-state index contributed by atoms with van der Waals surface area (Å²) >= 11 is 6.18. The van der Waals surface area contributed by atoms with E-state index in [-0.39, 0.29) is 90.0 Å². The molecule has 0 unspecified atom stereocenters. The van der Waals surface area contributed by atoms with Crippen LogP contribution in [-0.2, 0) is 43.7 Å². The Morgan fingerprint density at radius 3 is 2.01 bits per heavy atom. The summed E-state index contributed by atoms with van der Waals surface area (Å²) in [6, 6.07) is 36.1. The maximum absolute atomic E-state index is 12.3. The molecule has 0 aliphatic rings. The summed E-state index contributed by atoms with van der Waals surface area (Å²) in [5.41, 5.74) is 1.42. The van der Waals surface area contributed by atoms with Gasteiger partial charge in [0.15, 0.2) is 15.6 Å². The number of fused-ring (bicyclic) bond motifs is 3. The van der Waals surface area contributed by atoms with Gasteiger partial charge >= 0.3 is 0 Å². The molecule has 9 aromatic rings. The zero-order valence-corrected chi connectivity index (χ0v) is 41.4. The van der Waals surface area contributed by atoms with E-state index < -0.39 is 41.2 Å². The summed E-state index contributed by atoms with van der Waals surface area (Å²) in [6.07, 6.45) is 0.862. The van der Waals surface area contributed by atoms with Crippen molar-refractivity contribution in [2.75, 3.05) is 11.1 Å². The molecule has 0 spiro atoms. The number of nitrogens with zero attached hydrogens (tertiary/aromatic N) is 8. The van der Waals surface area contributed by atoms with E-state index in [1.165, 1.54) is 18.2 Å². The number of phenols is 4. The smallest absolute Gasteiger partial charge is 0.295 e. The maximum atomic E-state index is 12.3. The molecule has 0 saturated heterocycles. The van der Waals surface area contributed by atoms with E-state index in [9.17, 15) is 51.9 Å². The van der Waals surface area contributed by atoms with E-state index in [4.69, 9.17) is 11.6 Å². The van der Waals surface area contributed by atoms with E-state index in [1.807, 2.05) is 13.0 Å². The van der Waals surface area contributed by atoms with Gasteiger partial charge in [0.05, 0.1) is 15.6 Å². The number of aromatic nitrogens is 3. The summed E-state index contributed by atoms with van der Waals surface area (Å²) in [4.78, 5) is 22.8.